The molecule has 374 valence electrons. The van der Waals surface area contributed by atoms with Gasteiger partial charge in [0.05, 0.1) is 13.2 Å². The lowest BCUT2D eigenvalue weighted by atomic mass is 9.90. The average Bonchev–Trinajstić information content (AvgIpc) is 3.32. The fourth-order valence-corrected chi connectivity index (χ4v) is 8.29. The summed E-state index contributed by atoms with van der Waals surface area (Å²) in [4.78, 5) is 102. The maximum absolute atomic E-state index is 13.5. The number of carbonyl (C=O) groups is 6. The SMILES string of the molecule is CC(=O)NCCCC[C@H](NC(=O)CNC(=O)[C@H](CC(C)C)NC(=O)CCCCCNC(=O)c1ccc(-c2c3ccc(=O)cc-3oc3cc(O)ccc23)c(CO)c1)C(=O)Nc1ccc2c(C)cc(=O)oc2c1. The Morgan fingerprint density at radius 1 is 0.676 bits per heavy atom. The van der Waals surface area contributed by atoms with Gasteiger partial charge >= 0.3 is 5.63 Å². The molecule has 0 radical (unpaired) electrons. The summed E-state index contributed by atoms with van der Waals surface area (Å²) in [6.07, 6.45) is 3.27. The second kappa shape index (κ2) is 24.6. The molecule has 2 heterocycles. The van der Waals surface area contributed by atoms with Crippen molar-refractivity contribution in [1.29, 1.82) is 0 Å². The number of hydrogen-bond donors (Lipinski definition) is 8. The van der Waals surface area contributed by atoms with E-state index in [-0.39, 0.29) is 59.8 Å². The van der Waals surface area contributed by atoms with Gasteiger partial charge in [-0.15, -0.1) is 0 Å². The first-order valence-corrected chi connectivity index (χ1v) is 23.7. The van der Waals surface area contributed by atoms with Gasteiger partial charge in [-0.3, -0.25) is 33.6 Å². The van der Waals surface area contributed by atoms with E-state index in [1.165, 1.54) is 43.3 Å². The zero-order valence-corrected chi connectivity index (χ0v) is 40.2. The van der Waals surface area contributed by atoms with Crippen LogP contribution in [0, 0.1) is 12.8 Å². The van der Waals surface area contributed by atoms with Gasteiger partial charge in [-0.05, 0) is 117 Å². The number of fused-ring (bicyclic) bond motifs is 3. The van der Waals surface area contributed by atoms with Crippen LogP contribution in [0.2, 0.25) is 0 Å². The number of anilines is 1. The Kier molecular flexibility index (Phi) is 18.2. The molecule has 0 saturated carbocycles. The fraction of sp³-hybridized carbons (Fsp3) is 0.358. The second-order valence-corrected chi connectivity index (χ2v) is 17.9. The number of aliphatic hydroxyl groups is 1. The highest BCUT2D eigenvalue weighted by Crippen LogP contribution is 2.42. The van der Waals surface area contributed by atoms with Crippen LogP contribution < -0.4 is 43.0 Å². The summed E-state index contributed by atoms with van der Waals surface area (Å²) < 4.78 is 11.2. The molecular formula is C53H60N6O12. The van der Waals surface area contributed by atoms with Crippen LogP contribution in [0.1, 0.15) is 93.6 Å². The van der Waals surface area contributed by atoms with Crippen LogP contribution in [0.25, 0.3) is 44.4 Å². The maximum Gasteiger partial charge on any atom is 0.336 e. The standard InChI is InChI=1S/C53H60N6O12/c1-30(2)22-43(52(68)56-28-48(65)58-42(10-7-9-20-54-32(4)61)53(69)57-35-13-17-38-31(3)23-49(66)71-44(38)25-35)59-47(64)11-6-5-8-21-55-51(67)33-12-16-39(34(24-33)29-60)50-40-18-14-36(62)26-45(40)70-46-27-37(63)15-19-41(46)50/h12-19,23-27,30,42-43,60,62H,5-11,20-22,28-29H2,1-4H3,(H,54,61)(H,55,67)(H,56,68)(H,57,69)(H,58,65)(H,59,64)/t42-,43-/m0/s1. The Balaban J connectivity index is 0.971. The van der Waals surface area contributed by atoms with Gasteiger partial charge in [0, 0.05) is 83.8 Å². The lowest BCUT2D eigenvalue weighted by Crippen LogP contribution is -2.51. The van der Waals surface area contributed by atoms with Crippen molar-refractivity contribution in [3.8, 4) is 28.2 Å². The Morgan fingerprint density at radius 3 is 2.15 bits per heavy atom. The molecule has 0 unspecified atom stereocenters. The highest BCUT2D eigenvalue weighted by Gasteiger charge is 2.26. The topological polar surface area (TPSA) is 275 Å². The van der Waals surface area contributed by atoms with Crippen molar-refractivity contribution in [2.24, 2.45) is 5.92 Å². The van der Waals surface area contributed by atoms with E-state index in [9.17, 15) is 48.6 Å². The van der Waals surface area contributed by atoms with Crippen molar-refractivity contribution in [1.82, 2.24) is 26.6 Å². The number of unbranched alkanes of at least 4 members (excludes halogenated alkanes) is 3. The van der Waals surface area contributed by atoms with Crippen molar-refractivity contribution in [3.05, 3.63) is 116 Å². The van der Waals surface area contributed by atoms with Crippen molar-refractivity contribution >= 4 is 63.1 Å². The molecule has 6 rings (SSSR count). The van der Waals surface area contributed by atoms with E-state index in [0.717, 1.165) is 0 Å². The van der Waals surface area contributed by atoms with Crippen molar-refractivity contribution < 1.29 is 47.8 Å². The Labute approximate surface area is 409 Å². The third-order valence-electron chi connectivity index (χ3n) is 11.8. The molecule has 1 aromatic heterocycles. The average molecular weight is 973 g/mol. The number of aromatic hydroxyl groups is 1. The van der Waals surface area contributed by atoms with E-state index in [1.54, 1.807) is 49.4 Å². The molecule has 1 aliphatic heterocycles. The number of aliphatic hydroxyl groups excluding tert-OH is 1. The van der Waals surface area contributed by atoms with Crippen LogP contribution in [0.4, 0.5) is 5.69 Å². The number of aryl methyl sites for hydroxylation is 1. The number of phenols is 1. The molecular weight excluding hydrogens is 913 g/mol. The number of nitrogens with one attached hydrogen (secondary N) is 6. The van der Waals surface area contributed by atoms with Gasteiger partial charge in [0.1, 0.15) is 34.8 Å². The number of carbonyl (C=O) groups excluding carboxylic acids is 6. The predicted octanol–water partition coefficient (Wildman–Crippen LogP) is 5.54. The summed E-state index contributed by atoms with van der Waals surface area (Å²) in [6.45, 7) is 6.81. The molecule has 4 aromatic rings. The highest BCUT2D eigenvalue weighted by atomic mass is 16.4. The molecule has 2 atom stereocenters. The minimum Gasteiger partial charge on any atom is -0.508 e. The van der Waals surface area contributed by atoms with E-state index in [0.29, 0.717) is 113 Å². The van der Waals surface area contributed by atoms with E-state index in [1.807, 2.05) is 13.8 Å². The van der Waals surface area contributed by atoms with Crippen LogP contribution in [0.15, 0.2) is 97.3 Å². The third-order valence-corrected chi connectivity index (χ3v) is 11.8. The van der Waals surface area contributed by atoms with Crippen molar-refractivity contribution in [2.45, 2.75) is 97.8 Å². The summed E-state index contributed by atoms with van der Waals surface area (Å²) in [7, 11) is 0. The first-order valence-electron chi connectivity index (χ1n) is 23.7. The normalized spacial score (nSPS) is 12.1. The van der Waals surface area contributed by atoms with Gasteiger partial charge in [0.25, 0.3) is 5.91 Å². The van der Waals surface area contributed by atoms with Gasteiger partial charge < -0.3 is 50.9 Å². The largest absolute Gasteiger partial charge is 0.508 e. The lowest BCUT2D eigenvalue weighted by Gasteiger charge is -2.21. The van der Waals surface area contributed by atoms with Crippen LogP contribution >= 0.6 is 0 Å². The lowest BCUT2D eigenvalue weighted by molar-refractivity contribution is -0.131. The zero-order valence-electron chi connectivity index (χ0n) is 40.2. The number of phenolic OH excluding ortho intramolecular Hbond substituents is 1. The van der Waals surface area contributed by atoms with Gasteiger partial charge in [0.15, 0.2) is 5.43 Å². The van der Waals surface area contributed by atoms with Crippen LogP contribution in [0.3, 0.4) is 0 Å². The molecule has 18 nitrogen and oxygen atoms in total. The molecule has 0 spiro atoms. The Morgan fingerprint density at radius 2 is 1.39 bits per heavy atom. The maximum atomic E-state index is 13.5. The van der Waals surface area contributed by atoms with Gasteiger partial charge in [0.2, 0.25) is 29.5 Å². The molecule has 0 saturated heterocycles. The molecule has 18 heteroatoms. The molecule has 0 bridgehead atoms. The number of hydrogen-bond acceptors (Lipinski definition) is 12. The molecule has 2 aliphatic rings. The van der Waals surface area contributed by atoms with Crippen LogP contribution in [-0.4, -0.2) is 77.4 Å². The van der Waals surface area contributed by atoms with Crippen molar-refractivity contribution in [3.63, 3.8) is 0 Å². The van der Waals surface area contributed by atoms with Crippen LogP contribution in [-0.2, 0) is 30.6 Å². The first kappa shape index (κ1) is 52.5. The molecule has 6 amide bonds. The monoisotopic (exact) mass is 972 g/mol. The van der Waals surface area contributed by atoms with Crippen LogP contribution in [0.5, 0.6) is 5.75 Å². The van der Waals surface area contributed by atoms with E-state index < -0.39 is 42.0 Å². The third kappa shape index (κ3) is 14.6. The number of rotatable bonds is 23. The quantitative estimate of drug-likeness (QED) is 0.0223. The molecule has 8 N–H and O–H groups in total. The zero-order chi connectivity index (χ0) is 51.2. The Bertz CT molecular complexity index is 3020. The number of benzene rings is 4. The summed E-state index contributed by atoms with van der Waals surface area (Å²) in [5, 5.41) is 38.3. The Hall–Kier alpha value is -7.86. The molecule has 0 fully saturated rings. The molecule has 3 aromatic carbocycles. The summed E-state index contributed by atoms with van der Waals surface area (Å²) >= 11 is 0. The minimum atomic E-state index is -1.02. The van der Waals surface area contributed by atoms with Gasteiger partial charge in [-0.25, -0.2) is 4.79 Å². The minimum absolute atomic E-state index is 0.0170. The fourth-order valence-electron chi connectivity index (χ4n) is 8.29. The van der Waals surface area contributed by atoms with Gasteiger partial charge in [-0.2, -0.15) is 0 Å². The molecule has 71 heavy (non-hydrogen) atoms. The second-order valence-electron chi connectivity index (χ2n) is 17.9. The van der Waals surface area contributed by atoms with E-state index in [4.69, 9.17) is 8.83 Å². The van der Waals surface area contributed by atoms with Crippen molar-refractivity contribution in [2.75, 3.05) is 25.0 Å². The first-order chi connectivity index (χ1) is 34.0. The van der Waals surface area contributed by atoms with E-state index in [2.05, 4.69) is 31.9 Å². The summed E-state index contributed by atoms with van der Waals surface area (Å²) in [5.74, 6) is -2.33. The summed E-state index contributed by atoms with van der Waals surface area (Å²) in [5.41, 5.74) is 3.60. The molecule has 1 aliphatic carbocycles. The highest BCUT2D eigenvalue weighted by molar-refractivity contribution is 6.04. The van der Waals surface area contributed by atoms with E-state index >= 15 is 0 Å². The summed E-state index contributed by atoms with van der Waals surface area (Å²) in [6, 6.07) is 18.4. The smallest absolute Gasteiger partial charge is 0.336 e. The predicted molar refractivity (Wildman–Crippen MR) is 268 cm³/mol. The van der Waals surface area contributed by atoms with Gasteiger partial charge in [-0.1, -0.05) is 26.3 Å². The number of amides is 6.